The fraction of sp³-hybridized carbons (Fsp3) is 0.368. The second-order valence-electron chi connectivity index (χ2n) is 6.79. The summed E-state index contributed by atoms with van der Waals surface area (Å²) in [4.78, 5) is 47.8. The van der Waals surface area contributed by atoms with Gasteiger partial charge in [-0.05, 0) is 31.4 Å². The fourth-order valence-corrected chi connectivity index (χ4v) is 3.62. The lowest BCUT2D eigenvalue weighted by atomic mass is 10.0. The molecule has 0 radical (unpaired) electrons. The van der Waals surface area contributed by atoms with E-state index in [0.29, 0.717) is 6.54 Å². The van der Waals surface area contributed by atoms with Crippen LogP contribution in [0.1, 0.15) is 37.5 Å². The minimum absolute atomic E-state index is 0.0155. The van der Waals surface area contributed by atoms with Crippen LogP contribution in [0.5, 0.6) is 0 Å². The van der Waals surface area contributed by atoms with E-state index in [0.717, 1.165) is 36.1 Å². The summed E-state index contributed by atoms with van der Waals surface area (Å²) in [5.74, 6) is 0.795. The molecule has 27 heavy (non-hydrogen) atoms. The van der Waals surface area contributed by atoms with E-state index in [2.05, 4.69) is 15.0 Å². The van der Waals surface area contributed by atoms with Gasteiger partial charge in [0.25, 0.3) is 5.56 Å². The highest BCUT2D eigenvalue weighted by molar-refractivity contribution is 5.77. The number of piperidine rings is 1. The summed E-state index contributed by atoms with van der Waals surface area (Å²) < 4.78 is 1.35. The first-order chi connectivity index (χ1) is 13.1. The molecule has 2 N–H and O–H groups in total. The van der Waals surface area contributed by atoms with Gasteiger partial charge in [0.2, 0.25) is 5.91 Å². The number of rotatable bonds is 4. The zero-order chi connectivity index (χ0) is 18.8. The van der Waals surface area contributed by atoms with Crippen molar-refractivity contribution in [1.29, 1.82) is 0 Å². The number of para-hydroxylation sites is 2. The lowest BCUT2D eigenvalue weighted by Gasteiger charge is -2.34. The molecule has 0 unspecified atom stereocenters. The molecule has 1 aliphatic rings. The maximum absolute atomic E-state index is 12.8. The number of nitrogens with zero attached hydrogens (tertiary/aromatic N) is 3. The SMILES string of the molecule is O=C(CCn1ccc(=O)[nH]c1=O)N1CCCC[C@@H]1c1nc2ccccc2[nH]1. The highest BCUT2D eigenvalue weighted by atomic mass is 16.2. The number of fused-ring (bicyclic) bond motifs is 1. The lowest BCUT2D eigenvalue weighted by molar-refractivity contribution is -0.135. The first kappa shape index (κ1) is 17.3. The number of benzene rings is 1. The van der Waals surface area contributed by atoms with Crippen LogP contribution in [0.15, 0.2) is 46.1 Å². The number of likely N-dealkylation sites (tertiary alicyclic amines) is 1. The predicted octanol–water partition coefficient (Wildman–Crippen LogP) is 1.56. The number of aromatic nitrogens is 4. The first-order valence-corrected chi connectivity index (χ1v) is 9.16. The largest absolute Gasteiger partial charge is 0.340 e. The van der Waals surface area contributed by atoms with Gasteiger partial charge in [-0.25, -0.2) is 9.78 Å². The number of hydrogen-bond acceptors (Lipinski definition) is 4. The molecule has 3 aromatic rings. The van der Waals surface area contributed by atoms with Gasteiger partial charge in [-0.3, -0.25) is 14.6 Å². The quantitative estimate of drug-likeness (QED) is 0.730. The molecule has 140 valence electrons. The van der Waals surface area contributed by atoms with Gasteiger partial charge in [0.05, 0.1) is 17.1 Å². The van der Waals surface area contributed by atoms with Crippen LogP contribution in [0.3, 0.4) is 0 Å². The van der Waals surface area contributed by atoms with Crippen LogP contribution in [0.25, 0.3) is 11.0 Å². The molecule has 1 atom stereocenters. The number of carbonyl (C=O) groups is 1. The maximum atomic E-state index is 12.8. The molecule has 1 aromatic carbocycles. The van der Waals surface area contributed by atoms with Crippen LogP contribution < -0.4 is 11.2 Å². The molecule has 1 aliphatic heterocycles. The molecule has 0 saturated carbocycles. The van der Waals surface area contributed by atoms with Gasteiger partial charge in [0.15, 0.2) is 0 Å². The summed E-state index contributed by atoms with van der Waals surface area (Å²) in [6.07, 6.45) is 4.49. The standard InChI is InChI=1S/C19H21N5O3/c25-16-8-11-23(19(27)22-16)12-9-17(26)24-10-4-3-7-15(24)18-20-13-5-1-2-6-14(13)21-18/h1-2,5-6,8,11,15H,3-4,7,9-10,12H2,(H,20,21)(H,22,25,27)/t15-/m1/s1. The van der Waals surface area contributed by atoms with Crippen molar-refractivity contribution in [3.8, 4) is 0 Å². The Bertz CT molecular complexity index is 1050. The van der Waals surface area contributed by atoms with E-state index in [1.807, 2.05) is 29.2 Å². The Morgan fingerprint density at radius 2 is 2.00 bits per heavy atom. The summed E-state index contributed by atoms with van der Waals surface area (Å²) in [7, 11) is 0. The molecule has 8 heteroatoms. The van der Waals surface area contributed by atoms with Crippen molar-refractivity contribution in [2.24, 2.45) is 0 Å². The molecule has 0 aliphatic carbocycles. The predicted molar refractivity (Wildman–Crippen MR) is 100 cm³/mol. The average molecular weight is 367 g/mol. The molecule has 1 amide bonds. The fourth-order valence-electron chi connectivity index (χ4n) is 3.62. The Labute approximate surface area is 154 Å². The molecule has 0 bridgehead atoms. The van der Waals surface area contributed by atoms with Gasteiger partial charge in [0, 0.05) is 31.8 Å². The summed E-state index contributed by atoms with van der Waals surface area (Å²) in [5, 5.41) is 0. The van der Waals surface area contributed by atoms with Crippen LogP contribution in [-0.2, 0) is 11.3 Å². The molecular weight excluding hydrogens is 346 g/mol. The van der Waals surface area contributed by atoms with Gasteiger partial charge in [-0.15, -0.1) is 0 Å². The van der Waals surface area contributed by atoms with Gasteiger partial charge in [-0.2, -0.15) is 0 Å². The van der Waals surface area contributed by atoms with Crippen LogP contribution in [0.2, 0.25) is 0 Å². The second kappa shape index (κ2) is 7.22. The highest BCUT2D eigenvalue weighted by Crippen LogP contribution is 2.31. The van der Waals surface area contributed by atoms with Crippen molar-refractivity contribution in [1.82, 2.24) is 24.4 Å². The van der Waals surface area contributed by atoms with Gasteiger partial charge in [-0.1, -0.05) is 12.1 Å². The van der Waals surface area contributed by atoms with Crippen LogP contribution in [-0.4, -0.2) is 36.9 Å². The number of H-pyrrole nitrogens is 2. The zero-order valence-electron chi connectivity index (χ0n) is 14.9. The Hall–Kier alpha value is -3.16. The summed E-state index contributed by atoms with van der Waals surface area (Å²) >= 11 is 0. The third-order valence-electron chi connectivity index (χ3n) is 5.01. The summed E-state index contributed by atoms with van der Waals surface area (Å²) in [5.41, 5.74) is 0.918. The molecule has 1 fully saturated rings. The molecule has 8 nitrogen and oxygen atoms in total. The maximum Gasteiger partial charge on any atom is 0.328 e. The van der Waals surface area contributed by atoms with Crippen molar-refractivity contribution in [2.75, 3.05) is 6.54 Å². The summed E-state index contributed by atoms with van der Waals surface area (Å²) in [6, 6.07) is 9.03. The first-order valence-electron chi connectivity index (χ1n) is 9.16. The van der Waals surface area contributed by atoms with Crippen molar-refractivity contribution in [3.05, 3.63) is 63.2 Å². The molecule has 0 spiro atoms. The van der Waals surface area contributed by atoms with E-state index in [-0.39, 0.29) is 24.9 Å². The van der Waals surface area contributed by atoms with E-state index in [1.165, 1.54) is 16.8 Å². The van der Waals surface area contributed by atoms with Crippen molar-refractivity contribution in [3.63, 3.8) is 0 Å². The number of hydrogen-bond donors (Lipinski definition) is 2. The van der Waals surface area contributed by atoms with Crippen LogP contribution >= 0.6 is 0 Å². The number of nitrogens with one attached hydrogen (secondary N) is 2. The van der Waals surface area contributed by atoms with E-state index in [9.17, 15) is 14.4 Å². The third kappa shape index (κ3) is 3.55. The molecule has 1 saturated heterocycles. The van der Waals surface area contributed by atoms with Crippen molar-refractivity contribution in [2.45, 2.75) is 38.3 Å². The number of imidazole rings is 1. The smallest absolute Gasteiger partial charge is 0.328 e. The highest BCUT2D eigenvalue weighted by Gasteiger charge is 2.29. The van der Waals surface area contributed by atoms with E-state index >= 15 is 0 Å². The minimum Gasteiger partial charge on any atom is -0.340 e. The number of aromatic amines is 2. The van der Waals surface area contributed by atoms with Gasteiger partial charge < -0.3 is 14.5 Å². The number of amides is 1. The topological polar surface area (TPSA) is 104 Å². The molecule has 2 aromatic heterocycles. The van der Waals surface area contributed by atoms with Gasteiger partial charge in [0.1, 0.15) is 5.82 Å². The molecule has 3 heterocycles. The normalized spacial score (nSPS) is 17.3. The summed E-state index contributed by atoms with van der Waals surface area (Å²) in [6.45, 7) is 0.916. The van der Waals surface area contributed by atoms with E-state index in [1.54, 1.807) is 0 Å². The average Bonchev–Trinajstić information content (AvgIpc) is 3.11. The minimum atomic E-state index is -0.497. The Morgan fingerprint density at radius 1 is 1.15 bits per heavy atom. The van der Waals surface area contributed by atoms with E-state index < -0.39 is 11.2 Å². The van der Waals surface area contributed by atoms with Crippen molar-refractivity contribution >= 4 is 16.9 Å². The van der Waals surface area contributed by atoms with E-state index in [4.69, 9.17) is 0 Å². The lowest BCUT2D eigenvalue weighted by Crippen LogP contribution is -2.40. The van der Waals surface area contributed by atoms with Crippen LogP contribution in [0.4, 0.5) is 0 Å². The monoisotopic (exact) mass is 367 g/mol. The number of aryl methyl sites for hydroxylation is 1. The molecule has 4 rings (SSSR count). The Balaban J connectivity index is 1.52. The Morgan fingerprint density at radius 3 is 2.81 bits per heavy atom. The second-order valence-corrected chi connectivity index (χ2v) is 6.79. The third-order valence-corrected chi connectivity index (χ3v) is 5.01. The molecular formula is C19H21N5O3. The van der Waals surface area contributed by atoms with Crippen molar-refractivity contribution < 1.29 is 4.79 Å². The van der Waals surface area contributed by atoms with Gasteiger partial charge >= 0.3 is 5.69 Å². The number of carbonyl (C=O) groups excluding carboxylic acids is 1. The zero-order valence-corrected chi connectivity index (χ0v) is 14.9. The Kier molecular flexibility index (Phi) is 4.62. The van der Waals surface area contributed by atoms with Crippen LogP contribution in [0, 0.1) is 0 Å².